The van der Waals surface area contributed by atoms with Gasteiger partial charge in [0.15, 0.2) is 0 Å². The molecule has 9 rings (SSSR count). The standard InChI is InChI=1S/4C15H18O.C11H16O3/c1-4-15(2,3)13-9-5-8-12-11(13)7-6-10-14(12)16;1-4-15(2,3)13-7-5-12-10-14(16)8-6-11(12)9-13;1-4-15(2,3)12-8-9-13-11(10-12)6-5-7-14(13)16;1-4-15(2,3)12-9-11-7-5-6-8-13(11)14(16)10-12;1-4-11(2,3)10-8(13)5-7(12)6-9(10)14/h4*5-10,16H,4H2,1-3H3;5-6,12-14H,4H2,1-3H3. The van der Waals surface area contributed by atoms with Crippen LogP contribution < -0.4 is 0 Å². The van der Waals surface area contributed by atoms with Crippen molar-refractivity contribution in [1.82, 2.24) is 0 Å². The number of rotatable bonds is 10. The minimum Gasteiger partial charge on any atom is -0.508 e. The fourth-order valence-electron chi connectivity index (χ4n) is 9.18. The van der Waals surface area contributed by atoms with Crippen LogP contribution in [0.2, 0.25) is 0 Å². The highest BCUT2D eigenvalue weighted by Crippen LogP contribution is 2.43. The first-order valence-electron chi connectivity index (χ1n) is 27.7. The third kappa shape index (κ3) is 14.8. The number of phenolic OH excluding ortho intramolecular Hbond substituents is 7. The van der Waals surface area contributed by atoms with E-state index in [1.54, 1.807) is 24.3 Å². The van der Waals surface area contributed by atoms with Crippen LogP contribution in [-0.4, -0.2) is 35.7 Å². The van der Waals surface area contributed by atoms with Crippen molar-refractivity contribution in [2.45, 2.75) is 163 Å². The Hall–Kier alpha value is -7.38. The number of phenols is 7. The van der Waals surface area contributed by atoms with E-state index in [-0.39, 0.29) is 44.3 Å². The van der Waals surface area contributed by atoms with E-state index in [0.717, 1.165) is 69.8 Å². The van der Waals surface area contributed by atoms with Gasteiger partial charge in [-0.2, -0.15) is 0 Å². The molecule has 0 aliphatic heterocycles. The smallest absolute Gasteiger partial charge is 0.126 e. The molecule has 0 aliphatic rings. The molecule has 7 nitrogen and oxygen atoms in total. The molecule has 0 fully saturated rings. The van der Waals surface area contributed by atoms with Crippen molar-refractivity contribution in [3.05, 3.63) is 186 Å². The summed E-state index contributed by atoms with van der Waals surface area (Å²) in [7, 11) is 0. The van der Waals surface area contributed by atoms with E-state index in [1.165, 1.54) is 39.8 Å². The average molecular weight is 1050 g/mol. The van der Waals surface area contributed by atoms with E-state index in [9.17, 15) is 30.6 Å². The summed E-state index contributed by atoms with van der Waals surface area (Å²) in [5, 5.41) is 75.8. The topological polar surface area (TPSA) is 142 Å². The number of aromatic hydroxyl groups is 7. The summed E-state index contributed by atoms with van der Waals surface area (Å²) < 4.78 is 0. The molecule has 0 heterocycles. The maximum absolute atomic E-state index is 10.0. The minimum absolute atomic E-state index is 0.0608. The molecular formula is C71H88O7. The SMILES string of the molecule is CCC(C)(C)c1c(O)cc(O)cc1O.CCC(C)(C)c1cc(O)c2ccccc2c1.CCC(C)(C)c1ccc2c(O)cccc2c1.CCC(C)(C)c1ccc2cc(O)ccc2c1.CCC(C)(C)c1cccc2c(O)cccc12. The third-order valence-electron chi connectivity index (χ3n) is 16.7. The fraction of sp³-hybridized carbons (Fsp3) is 0.352. The Labute approximate surface area is 465 Å². The van der Waals surface area contributed by atoms with Gasteiger partial charge in [0, 0.05) is 33.9 Å². The molecule has 78 heavy (non-hydrogen) atoms. The van der Waals surface area contributed by atoms with Gasteiger partial charge in [0.05, 0.1) is 0 Å². The molecule has 7 heteroatoms. The summed E-state index contributed by atoms with van der Waals surface area (Å²) in [4.78, 5) is 0. The lowest BCUT2D eigenvalue weighted by Crippen LogP contribution is -2.15. The third-order valence-corrected chi connectivity index (χ3v) is 16.7. The molecule has 0 bridgehead atoms. The van der Waals surface area contributed by atoms with Crippen LogP contribution >= 0.6 is 0 Å². The Morgan fingerprint density at radius 3 is 1.26 bits per heavy atom. The van der Waals surface area contributed by atoms with Crippen LogP contribution in [0.15, 0.2) is 158 Å². The van der Waals surface area contributed by atoms with Crippen LogP contribution in [-0.2, 0) is 27.1 Å². The predicted octanol–water partition coefficient (Wildman–Crippen LogP) is 19.4. The van der Waals surface area contributed by atoms with Gasteiger partial charge < -0.3 is 35.7 Å². The second kappa shape index (κ2) is 25.4. The summed E-state index contributed by atoms with van der Waals surface area (Å²) in [5.41, 5.74) is 6.04. The van der Waals surface area contributed by atoms with Gasteiger partial charge in [-0.3, -0.25) is 0 Å². The normalized spacial score (nSPS) is 11.9. The molecule has 0 aromatic heterocycles. The maximum Gasteiger partial charge on any atom is 0.126 e. The van der Waals surface area contributed by atoms with Crippen molar-refractivity contribution in [3.63, 3.8) is 0 Å². The van der Waals surface area contributed by atoms with E-state index >= 15 is 0 Å². The van der Waals surface area contributed by atoms with Crippen molar-refractivity contribution < 1.29 is 35.7 Å². The molecule has 0 saturated carbocycles. The molecular weight excluding hydrogens is 965 g/mol. The Bertz CT molecular complexity index is 3410. The highest BCUT2D eigenvalue weighted by atomic mass is 16.3. The number of hydrogen-bond donors (Lipinski definition) is 7. The van der Waals surface area contributed by atoms with Gasteiger partial charge >= 0.3 is 0 Å². The first-order chi connectivity index (χ1) is 36.6. The van der Waals surface area contributed by atoms with Gasteiger partial charge in [-0.15, -0.1) is 0 Å². The maximum atomic E-state index is 10.0. The van der Waals surface area contributed by atoms with Crippen LogP contribution in [0.4, 0.5) is 0 Å². The van der Waals surface area contributed by atoms with E-state index in [4.69, 9.17) is 5.11 Å². The molecule has 0 amide bonds. The van der Waals surface area contributed by atoms with Gasteiger partial charge in [0.1, 0.15) is 40.2 Å². The zero-order valence-corrected chi connectivity index (χ0v) is 49.2. The summed E-state index contributed by atoms with van der Waals surface area (Å²) >= 11 is 0. The Balaban J connectivity index is 0.000000180. The zero-order valence-electron chi connectivity index (χ0n) is 49.2. The number of hydrogen-bond acceptors (Lipinski definition) is 7. The molecule has 0 radical (unpaired) electrons. The minimum atomic E-state index is -0.304. The van der Waals surface area contributed by atoms with Crippen molar-refractivity contribution in [2.75, 3.05) is 0 Å². The average Bonchev–Trinajstić information content (AvgIpc) is 3.44. The molecule has 0 atom stereocenters. The summed E-state index contributed by atoms with van der Waals surface area (Å²) in [6.45, 7) is 32.5. The van der Waals surface area contributed by atoms with Crippen LogP contribution in [0, 0.1) is 0 Å². The molecule has 9 aromatic rings. The van der Waals surface area contributed by atoms with Gasteiger partial charge in [0.2, 0.25) is 0 Å². The second-order valence-corrected chi connectivity index (χ2v) is 23.9. The largest absolute Gasteiger partial charge is 0.508 e. The number of benzene rings is 9. The zero-order chi connectivity index (χ0) is 58.0. The Morgan fingerprint density at radius 1 is 0.269 bits per heavy atom. The lowest BCUT2D eigenvalue weighted by molar-refractivity contribution is 0.384. The fourth-order valence-corrected chi connectivity index (χ4v) is 9.18. The van der Waals surface area contributed by atoms with Crippen molar-refractivity contribution in [2.24, 2.45) is 0 Å². The Morgan fingerprint density at radius 2 is 0.679 bits per heavy atom. The summed E-state index contributed by atoms with van der Waals surface area (Å²) in [6, 6.07) is 50.4. The predicted molar refractivity (Wildman–Crippen MR) is 330 cm³/mol. The highest BCUT2D eigenvalue weighted by Gasteiger charge is 2.27. The van der Waals surface area contributed by atoms with Crippen LogP contribution in [0.1, 0.15) is 164 Å². The van der Waals surface area contributed by atoms with E-state index in [2.05, 4.69) is 132 Å². The van der Waals surface area contributed by atoms with Crippen molar-refractivity contribution in [3.8, 4) is 40.2 Å². The van der Waals surface area contributed by atoms with E-state index in [1.807, 2.05) is 93.6 Å². The second-order valence-electron chi connectivity index (χ2n) is 23.9. The van der Waals surface area contributed by atoms with Crippen LogP contribution in [0.5, 0.6) is 40.2 Å². The summed E-state index contributed by atoms with van der Waals surface area (Å²) in [6.07, 6.45) is 5.17. The Kier molecular flexibility index (Phi) is 20.0. The molecule has 414 valence electrons. The quantitative estimate of drug-likeness (QED) is 0.0723. The van der Waals surface area contributed by atoms with Crippen LogP contribution in [0.3, 0.4) is 0 Å². The van der Waals surface area contributed by atoms with Gasteiger partial charge in [0.25, 0.3) is 0 Å². The lowest BCUT2D eigenvalue weighted by atomic mass is 9.80. The lowest BCUT2D eigenvalue weighted by Gasteiger charge is -2.25. The number of fused-ring (bicyclic) bond motifs is 4. The van der Waals surface area contributed by atoms with Gasteiger partial charge in [-0.05, 0) is 139 Å². The first-order valence-corrected chi connectivity index (χ1v) is 27.7. The molecule has 0 saturated heterocycles. The first kappa shape index (κ1) is 61.5. The molecule has 7 N–H and O–H groups in total. The van der Waals surface area contributed by atoms with Gasteiger partial charge in [-0.1, -0.05) is 219 Å². The highest BCUT2D eigenvalue weighted by molar-refractivity contribution is 5.92. The van der Waals surface area contributed by atoms with Crippen molar-refractivity contribution in [1.29, 1.82) is 0 Å². The van der Waals surface area contributed by atoms with Gasteiger partial charge in [-0.25, -0.2) is 0 Å². The molecule has 0 aliphatic carbocycles. The van der Waals surface area contributed by atoms with Crippen molar-refractivity contribution >= 4 is 43.1 Å². The van der Waals surface area contributed by atoms with Crippen LogP contribution in [0.25, 0.3) is 43.1 Å². The summed E-state index contributed by atoms with van der Waals surface area (Å²) in [5.74, 6) is 1.19. The molecule has 0 spiro atoms. The molecule has 0 unspecified atom stereocenters. The van der Waals surface area contributed by atoms with E-state index in [0.29, 0.717) is 28.6 Å². The monoisotopic (exact) mass is 1050 g/mol. The van der Waals surface area contributed by atoms with E-state index < -0.39 is 0 Å². The molecule has 9 aromatic carbocycles.